The first-order chi connectivity index (χ1) is 15.4. The van der Waals surface area contributed by atoms with Crippen LogP contribution in [0.15, 0.2) is 52.3 Å². The number of carbonyl (C=O) groups is 2. The Balaban J connectivity index is 1.64. The smallest absolute Gasteiger partial charge is 0.305 e. The summed E-state index contributed by atoms with van der Waals surface area (Å²) >= 11 is 2.29. The van der Waals surface area contributed by atoms with Crippen molar-refractivity contribution >= 4 is 40.6 Å². The van der Waals surface area contributed by atoms with Gasteiger partial charge in [-0.3, -0.25) is 14.4 Å². The molecule has 1 saturated heterocycles. The van der Waals surface area contributed by atoms with Crippen LogP contribution in [0, 0.1) is 12.8 Å². The number of H-pyrrole nitrogens is 1. The maximum atomic E-state index is 13.6. The van der Waals surface area contributed by atoms with Gasteiger partial charge in [0, 0.05) is 10.8 Å². The van der Waals surface area contributed by atoms with Gasteiger partial charge in [0.25, 0.3) is 0 Å². The number of aryl methyl sites for hydroxylation is 1. The van der Waals surface area contributed by atoms with Crippen molar-refractivity contribution in [3.63, 3.8) is 0 Å². The van der Waals surface area contributed by atoms with Gasteiger partial charge in [0.1, 0.15) is 5.25 Å². The summed E-state index contributed by atoms with van der Waals surface area (Å²) in [7, 11) is 0. The third-order valence-corrected chi connectivity index (χ3v) is 8.16. The number of carbonyl (C=O) groups excluding carboxylic acids is 2. The number of phenols is 1. The summed E-state index contributed by atoms with van der Waals surface area (Å²) in [6.45, 7) is 4.12. The SMILES string of the molecule is CCOc1cc(C2c3sc(=O)[nH]c3SC3C(=O)N(c4ccc(C)cc4)C(=O)C32)ccc1O. The third kappa shape index (κ3) is 3.23. The molecular formula is C23H20N2O5S2. The van der Waals surface area contributed by atoms with Crippen molar-refractivity contribution in [3.05, 3.63) is 68.1 Å². The number of hydrogen-bond acceptors (Lipinski definition) is 7. The van der Waals surface area contributed by atoms with E-state index in [1.165, 1.54) is 22.7 Å². The predicted molar refractivity (Wildman–Crippen MR) is 123 cm³/mol. The largest absolute Gasteiger partial charge is 0.504 e. The Morgan fingerprint density at radius 1 is 1.09 bits per heavy atom. The highest BCUT2D eigenvalue weighted by molar-refractivity contribution is 8.00. The fraction of sp³-hybridized carbons (Fsp3) is 0.261. The lowest BCUT2D eigenvalue weighted by atomic mass is 9.83. The Labute approximate surface area is 192 Å². The van der Waals surface area contributed by atoms with Gasteiger partial charge in [-0.1, -0.05) is 46.9 Å². The molecular weight excluding hydrogens is 448 g/mol. The molecule has 5 rings (SSSR count). The van der Waals surface area contributed by atoms with Crippen LogP contribution in [-0.4, -0.2) is 33.8 Å². The van der Waals surface area contributed by atoms with Gasteiger partial charge < -0.3 is 14.8 Å². The van der Waals surface area contributed by atoms with E-state index in [2.05, 4.69) is 4.98 Å². The van der Waals surface area contributed by atoms with E-state index >= 15 is 0 Å². The molecule has 3 heterocycles. The number of benzene rings is 2. The number of imide groups is 1. The second-order valence-corrected chi connectivity index (χ2v) is 9.92. The molecule has 2 aliphatic heterocycles. The summed E-state index contributed by atoms with van der Waals surface area (Å²) in [6.07, 6.45) is 0. The highest BCUT2D eigenvalue weighted by atomic mass is 32.2. The molecule has 7 nitrogen and oxygen atoms in total. The zero-order valence-corrected chi connectivity index (χ0v) is 19.0. The number of thioether (sulfide) groups is 1. The first-order valence-electron chi connectivity index (χ1n) is 10.2. The van der Waals surface area contributed by atoms with E-state index in [9.17, 15) is 19.5 Å². The Morgan fingerprint density at radius 3 is 2.56 bits per heavy atom. The molecule has 164 valence electrons. The molecule has 2 aliphatic rings. The lowest BCUT2D eigenvalue weighted by Crippen LogP contribution is -2.32. The van der Waals surface area contributed by atoms with Gasteiger partial charge in [-0.25, -0.2) is 4.90 Å². The molecule has 3 aromatic rings. The maximum Gasteiger partial charge on any atom is 0.305 e. The quantitative estimate of drug-likeness (QED) is 0.567. The van der Waals surface area contributed by atoms with E-state index < -0.39 is 17.1 Å². The Morgan fingerprint density at radius 2 is 1.84 bits per heavy atom. The van der Waals surface area contributed by atoms with Crippen molar-refractivity contribution in [2.75, 3.05) is 11.5 Å². The van der Waals surface area contributed by atoms with E-state index in [1.54, 1.807) is 24.3 Å². The summed E-state index contributed by atoms with van der Waals surface area (Å²) in [5.41, 5.74) is 2.28. The van der Waals surface area contributed by atoms with E-state index in [4.69, 9.17) is 4.74 Å². The molecule has 32 heavy (non-hydrogen) atoms. The standard InChI is InChI=1S/C23H20N2O5S2/c1-3-30-15-10-12(6-9-14(15)26)16-17-19(31-20-18(16)32-23(29)24-20)22(28)25(21(17)27)13-7-4-11(2)5-8-13/h4-10,16-17,19,26H,3H2,1-2H3,(H,24,29). The van der Waals surface area contributed by atoms with Gasteiger partial charge in [0.05, 0.1) is 23.2 Å². The number of nitrogens with zero attached hydrogens (tertiary/aromatic N) is 1. The number of aromatic amines is 1. The Kier molecular flexibility index (Phi) is 5.10. The van der Waals surface area contributed by atoms with Crippen LogP contribution in [0.4, 0.5) is 5.69 Å². The molecule has 3 unspecified atom stereocenters. The van der Waals surface area contributed by atoms with Crippen LogP contribution in [0.3, 0.4) is 0 Å². The fourth-order valence-corrected chi connectivity index (χ4v) is 6.83. The highest BCUT2D eigenvalue weighted by Crippen LogP contribution is 2.53. The van der Waals surface area contributed by atoms with Gasteiger partial charge in [0.15, 0.2) is 11.5 Å². The van der Waals surface area contributed by atoms with Crippen molar-refractivity contribution in [1.29, 1.82) is 0 Å². The van der Waals surface area contributed by atoms with Crippen LogP contribution < -0.4 is 14.5 Å². The van der Waals surface area contributed by atoms with Gasteiger partial charge >= 0.3 is 4.87 Å². The molecule has 9 heteroatoms. The topological polar surface area (TPSA) is 99.7 Å². The molecule has 1 aromatic heterocycles. The van der Waals surface area contributed by atoms with Crippen LogP contribution in [0.1, 0.15) is 28.8 Å². The molecule has 0 radical (unpaired) electrons. The second kappa shape index (κ2) is 7.83. The first-order valence-corrected chi connectivity index (χ1v) is 11.9. The zero-order chi connectivity index (χ0) is 22.6. The lowest BCUT2D eigenvalue weighted by Gasteiger charge is -2.30. The van der Waals surface area contributed by atoms with E-state index in [0.29, 0.717) is 28.6 Å². The Hall–Kier alpha value is -3.04. The fourth-order valence-electron chi connectivity index (χ4n) is 4.32. The van der Waals surface area contributed by atoms with Crippen LogP contribution in [0.25, 0.3) is 0 Å². The van der Waals surface area contributed by atoms with E-state index in [0.717, 1.165) is 21.8 Å². The molecule has 3 atom stereocenters. The molecule has 0 saturated carbocycles. The van der Waals surface area contributed by atoms with Crippen molar-refractivity contribution in [2.45, 2.75) is 30.0 Å². The normalized spacial score (nSPS) is 22.1. The number of nitrogens with one attached hydrogen (secondary N) is 1. The molecule has 0 bridgehead atoms. The van der Waals surface area contributed by atoms with E-state index in [-0.39, 0.29) is 22.4 Å². The van der Waals surface area contributed by atoms with Gasteiger partial charge in [-0.2, -0.15) is 0 Å². The molecule has 2 N–H and O–H groups in total. The molecule has 0 aliphatic carbocycles. The molecule has 1 fully saturated rings. The number of phenolic OH excluding ortho intramolecular Hbond substituents is 1. The number of fused-ring (bicyclic) bond motifs is 2. The van der Waals surface area contributed by atoms with Crippen LogP contribution in [-0.2, 0) is 9.59 Å². The number of aromatic hydroxyl groups is 1. The number of anilines is 1. The number of ether oxygens (including phenoxy) is 1. The van der Waals surface area contributed by atoms with Crippen LogP contribution >= 0.6 is 23.1 Å². The zero-order valence-electron chi connectivity index (χ0n) is 17.3. The minimum Gasteiger partial charge on any atom is -0.504 e. The average molecular weight is 469 g/mol. The maximum absolute atomic E-state index is 13.6. The first kappa shape index (κ1) is 20.8. The number of hydrogen-bond donors (Lipinski definition) is 2. The highest BCUT2D eigenvalue weighted by Gasteiger charge is 2.56. The monoisotopic (exact) mass is 468 g/mol. The number of amides is 2. The summed E-state index contributed by atoms with van der Waals surface area (Å²) < 4.78 is 5.54. The van der Waals surface area contributed by atoms with Gasteiger partial charge in [-0.15, -0.1) is 0 Å². The summed E-state index contributed by atoms with van der Waals surface area (Å²) in [6, 6.07) is 12.2. The van der Waals surface area contributed by atoms with Crippen molar-refractivity contribution in [3.8, 4) is 11.5 Å². The number of aromatic nitrogens is 1. The molecule has 0 spiro atoms. The molecule has 2 aromatic carbocycles. The third-order valence-electron chi connectivity index (χ3n) is 5.76. The van der Waals surface area contributed by atoms with Crippen LogP contribution in [0.5, 0.6) is 11.5 Å². The minimum absolute atomic E-state index is 0.00470. The predicted octanol–water partition coefficient (Wildman–Crippen LogP) is 3.64. The van der Waals surface area contributed by atoms with Crippen molar-refractivity contribution in [1.82, 2.24) is 4.98 Å². The van der Waals surface area contributed by atoms with Gasteiger partial charge in [0.2, 0.25) is 11.8 Å². The van der Waals surface area contributed by atoms with Gasteiger partial charge in [-0.05, 0) is 43.7 Å². The van der Waals surface area contributed by atoms with E-state index in [1.807, 2.05) is 26.0 Å². The van der Waals surface area contributed by atoms with Crippen molar-refractivity contribution < 1.29 is 19.4 Å². The van der Waals surface area contributed by atoms with Crippen molar-refractivity contribution in [2.24, 2.45) is 5.92 Å². The summed E-state index contributed by atoms with van der Waals surface area (Å²) in [4.78, 5) is 43.8. The summed E-state index contributed by atoms with van der Waals surface area (Å²) in [5, 5.41) is 10.1. The summed E-state index contributed by atoms with van der Waals surface area (Å²) in [5.74, 6) is -1.47. The lowest BCUT2D eigenvalue weighted by molar-refractivity contribution is -0.122. The Bertz CT molecular complexity index is 1280. The second-order valence-electron chi connectivity index (χ2n) is 7.76. The van der Waals surface area contributed by atoms with Crippen LogP contribution in [0.2, 0.25) is 0 Å². The average Bonchev–Trinajstić information content (AvgIpc) is 3.25. The number of thiazole rings is 1. The number of rotatable bonds is 4. The minimum atomic E-state index is -0.674. The molecule has 2 amide bonds.